The number of hydrogen-bond donors (Lipinski definition) is 0. The second-order valence-corrected chi connectivity index (χ2v) is 16.5. The van der Waals surface area contributed by atoms with E-state index in [1.807, 2.05) is 75.7 Å². The number of ether oxygens (including phenoxy) is 2. The first-order valence-corrected chi connectivity index (χ1v) is 21.6. The average molecular weight is 750 g/mol. The van der Waals surface area contributed by atoms with Crippen LogP contribution in [0.25, 0.3) is 0 Å². The van der Waals surface area contributed by atoms with Gasteiger partial charge in [0.25, 0.3) is 7.82 Å². The van der Waals surface area contributed by atoms with Crippen molar-refractivity contribution in [2.45, 2.75) is 109 Å². The van der Waals surface area contributed by atoms with Gasteiger partial charge in [-0.15, -0.1) is 0 Å². The minimum absolute atomic E-state index is 0.0426. The Balaban J connectivity index is 1.58. The van der Waals surface area contributed by atoms with Gasteiger partial charge in [-0.2, -0.15) is 0 Å². The molecule has 3 aromatic carbocycles. The van der Waals surface area contributed by atoms with Crippen molar-refractivity contribution in [2.75, 3.05) is 54.1 Å². The first-order valence-electron chi connectivity index (χ1n) is 20.1. The Morgan fingerprint density at radius 2 is 1.08 bits per heavy atom. The van der Waals surface area contributed by atoms with Gasteiger partial charge in [0, 0.05) is 6.61 Å². The topological polar surface area (TPSA) is 77.1 Å². The van der Waals surface area contributed by atoms with Gasteiger partial charge in [0.1, 0.15) is 24.9 Å². The number of allylic oxidation sites excluding steroid dienone is 2. The van der Waals surface area contributed by atoms with E-state index < -0.39 is 19.5 Å². The zero-order valence-electron chi connectivity index (χ0n) is 33.2. The Hall–Kier alpha value is -2.61. The molecule has 0 saturated heterocycles. The molecule has 2 atom stereocenters. The van der Waals surface area contributed by atoms with E-state index in [1.165, 1.54) is 70.6 Å². The van der Waals surface area contributed by atoms with E-state index in [4.69, 9.17) is 18.5 Å². The van der Waals surface area contributed by atoms with Gasteiger partial charge < -0.3 is 27.9 Å². The summed E-state index contributed by atoms with van der Waals surface area (Å²) < 4.78 is 37.3. The summed E-state index contributed by atoms with van der Waals surface area (Å²) in [7, 11) is 1.40. The predicted octanol–water partition coefficient (Wildman–Crippen LogP) is 10.6. The predicted molar refractivity (Wildman–Crippen MR) is 217 cm³/mol. The Morgan fingerprint density at radius 1 is 0.623 bits per heavy atom. The lowest BCUT2D eigenvalue weighted by Crippen LogP contribution is -2.38. The number of phosphoric acid groups is 1. The van der Waals surface area contributed by atoms with E-state index in [1.54, 1.807) is 0 Å². The second-order valence-electron chi connectivity index (χ2n) is 15.1. The van der Waals surface area contributed by atoms with Gasteiger partial charge in [-0.1, -0.05) is 168 Å². The van der Waals surface area contributed by atoms with Crippen LogP contribution in [0, 0.1) is 0 Å². The lowest BCUT2D eigenvalue weighted by molar-refractivity contribution is -0.870. The molecule has 0 aliphatic heterocycles. The molecule has 0 saturated carbocycles. The molecule has 294 valence electrons. The summed E-state index contributed by atoms with van der Waals surface area (Å²) in [5.74, 6) is 0. The van der Waals surface area contributed by atoms with Gasteiger partial charge in [-0.25, -0.2) is 0 Å². The molecule has 0 N–H and O–H groups in total. The zero-order chi connectivity index (χ0) is 38.1. The summed E-state index contributed by atoms with van der Waals surface area (Å²) >= 11 is 0. The van der Waals surface area contributed by atoms with Crippen molar-refractivity contribution in [3.8, 4) is 0 Å². The van der Waals surface area contributed by atoms with Crippen LogP contribution in [-0.4, -0.2) is 64.7 Å². The van der Waals surface area contributed by atoms with Crippen LogP contribution in [0.15, 0.2) is 103 Å². The van der Waals surface area contributed by atoms with E-state index in [9.17, 15) is 9.46 Å². The third kappa shape index (κ3) is 18.1. The van der Waals surface area contributed by atoms with Gasteiger partial charge in [-0.05, 0) is 48.8 Å². The number of phosphoric ester groups is 1. The average Bonchev–Trinajstić information content (AvgIpc) is 3.15. The fourth-order valence-corrected chi connectivity index (χ4v) is 7.10. The maximum absolute atomic E-state index is 12.8. The molecule has 0 aromatic heterocycles. The standard InChI is InChI=1S/C45H68NO6P/c1-5-6-7-8-9-10-11-12-13-14-15-16-17-18-19-29-37-49-44(40-52-53(47,48)51-38-36-46(2,3)4)39-50-45(41-30-23-20-24-31-41,42-32-25-21-26-33-42)43-34-27-22-28-35-43/h12-13,20-28,30-35,44H,5-11,14-19,29,36-40H2,1-4H3/b13-12-/t44-/m1/s1. The summed E-state index contributed by atoms with van der Waals surface area (Å²) in [6, 6.07) is 30.4. The van der Waals surface area contributed by atoms with Gasteiger partial charge in [0.15, 0.2) is 0 Å². The van der Waals surface area contributed by atoms with Crippen LogP contribution < -0.4 is 4.89 Å². The SMILES string of the molecule is CCCCCCCC/C=C\CCCCCCCCO[C@H](COC(c1ccccc1)(c1ccccc1)c1ccccc1)COP(=O)([O-])OCC[N+](C)(C)C. The van der Waals surface area contributed by atoms with E-state index in [0.29, 0.717) is 17.6 Å². The van der Waals surface area contributed by atoms with E-state index in [-0.39, 0.29) is 19.8 Å². The molecule has 0 aliphatic rings. The molecule has 0 bridgehead atoms. The minimum atomic E-state index is -4.55. The number of benzene rings is 3. The van der Waals surface area contributed by atoms with Crippen LogP contribution in [-0.2, 0) is 28.7 Å². The maximum Gasteiger partial charge on any atom is 0.268 e. The number of unbranched alkanes of at least 4 members (excludes halogenated alkanes) is 12. The largest absolute Gasteiger partial charge is 0.756 e. The molecule has 0 radical (unpaired) electrons. The molecule has 0 aliphatic carbocycles. The normalized spacial score (nSPS) is 14.1. The first-order chi connectivity index (χ1) is 25.7. The molecule has 1 unspecified atom stereocenters. The van der Waals surface area contributed by atoms with E-state index in [2.05, 4.69) is 55.5 Å². The minimum Gasteiger partial charge on any atom is -0.756 e. The molecule has 53 heavy (non-hydrogen) atoms. The summed E-state index contributed by atoms with van der Waals surface area (Å²) in [4.78, 5) is 12.8. The van der Waals surface area contributed by atoms with Crippen LogP contribution in [0.4, 0.5) is 0 Å². The molecule has 3 aromatic rings. The molecule has 0 amide bonds. The molecule has 3 rings (SSSR count). The van der Waals surface area contributed by atoms with Crippen LogP contribution in [0.5, 0.6) is 0 Å². The maximum atomic E-state index is 12.8. The highest BCUT2D eigenvalue weighted by Crippen LogP contribution is 2.41. The highest BCUT2D eigenvalue weighted by Gasteiger charge is 2.38. The van der Waals surface area contributed by atoms with Crippen LogP contribution >= 0.6 is 7.82 Å². The number of nitrogens with zero attached hydrogens (tertiary/aromatic N) is 1. The number of rotatable bonds is 30. The van der Waals surface area contributed by atoms with Crippen molar-refractivity contribution in [1.29, 1.82) is 0 Å². The van der Waals surface area contributed by atoms with Gasteiger partial charge in [0.2, 0.25) is 0 Å². The summed E-state index contributed by atoms with van der Waals surface area (Å²) in [5, 5.41) is 0. The molecule has 8 heteroatoms. The summed E-state index contributed by atoms with van der Waals surface area (Å²) in [6.07, 6.45) is 21.3. The third-order valence-electron chi connectivity index (χ3n) is 9.47. The van der Waals surface area contributed by atoms with Gasteiger partial charge in [0.05, 0.1) is 34.4 Å². The Labute approximate surface area is 321 Å². The van der Waals surface area contributed by atoms with Crippen LogP contribution in [0.1, 0.15) is 114 Å². The smallest absolute Gasteiger partial charge is 0.268 e. The molecule has 0 heterocycles. The Morgan fingerprint density at radius 3 is 1.55 bits per heavy atom. The zero-order valence-corrected chi connectivity index (χ0v) is 34.1. The molecule has 7 nitrogen and oxygen atoms in total. The molecular weight excluding hydrogens is 681 g/mol. The lowest BCUT2D eigenvalue weighted by Gasteiger charge is -2.37. The summed E-state index contributed by atoms with van der Waals surface area (Å²) in [5.41, 5.74) is 1.92. The summed E-state index contributed by atoms with van der Waals surface area (Å²) in [6.45, 7) is 3.22. The van der Waals surface area contributed by atoms with E-state index in [0.717, 1.165) is 36.0 Å². The monoisotopic (exact) mass is 749 g/mol. The van der Waals surface area contributed by atoms with Crippen molar-refractivity contribution in [3.63, 3.8) is 0 Å². The third-order valence-corrected chi connectivity index (χ3v) is 10.4. The highest BCUT2D eigenvalue weighted by atomic mass is 31.2. The van der Waals surface area contributed by atoms with Crippen LogP contribution in [0.2, 0.25) is 0 Å². The van der Waals surface area contributed by atoms with E-state index >= 15 is 0 Å². The first kappa shape index (κ1) is 44.8. The molecule has 0 spiro atoms. The lowest BCUT2D eigenvalue weighted by atomic mass is 9.80. The van der Waals surface area contributed by atoms with Crippen LogP contribution in [0.3, 0.4) is 0 Å². The number of quaternary nitrogens is 1. The molecule has 0 fully saturated rings. The fraction of sp³-hybridized carbons (Fsp3) is 0.556. The van der Waals surface area contributed by atoms with Gasteiger partial charge in [-0.3, -0.25) is 4.57 Å². The van der Waals surface area contributed by atoms with Gasteiger partial charge >= 0.3 is 0 Å². The van der Waals surface area contributed by atoms with Crippen molar-refractivity contribution >= 4 is 7.82 Å². The fourth-order valence-electron chi connectivity index (χ4n) is 6.37. The molecular formula is C45H68NO6P. The van der Waals surface area contributed by atoms with Crippen molar-refractivity contribution in [2.24, 2.45) is 0 Å². The quantitative estimate of drug-likeness (QED) is 0.0222. The Kier molecular flexibility index (Phi) is 21.5. The second kappa shape index (κ2) is 25.5. The number of hydrogen-bond acceptors (Lipinski definition) is 6. The van der Waals surface area contributed by atoms with Crippen molar-refractivity contribution in [1.82, 2.24) is 0 Å². The Bertz CT molecular complexity index is 1320. The van der Waals surface area contributed by atoms with Crippen molar-refractivity contribution in [3.05, 3.63) is 120 Å². The van der Waals surface area contributed by atoms with Crippen molar-refractivity contribution < 1.29 is 32.5 Å². The number of likely N-dealkylation sites (N-methyl/N-ethyl adjacent to an activating group) is 1. The highest BCUT2D eigenvalue weighted by molar-refractivity contribution is 7.45.